The molecule has 3 N–H and O–H groups in total. The first kappa shape index (κ1) is 10.6. The molecule has 6 nitrogen and oxygen atoms in total. The van der Waals surface area contributed by atoms with Gasteiger partial charge in [-0.1, -0.05) is 0 Å². The molecule has 1 fully saturated rings. The summed E-state index contributed by atoms with van der Waals surface area (Å²) in [6.07, 6.45) is 0. The van der Waals surface area contributed by atoms with Crippen molar-refractivity contribution < 1.29 is 25.8 Å². The SMILES string of the molecule is O.[BiH3].[O-][N+]1(O)OO1. The van der Waals surface area contributed by atoms with E-state index >= 15 is 0 Å². The number of quaternary nitrogens is 1. The summed E-state index contributed by atoms with van der Waals surface area (Å²) < 4.78 is 0. The molecule has 7 heavy (non-hydrogen) atoms. The molecule has 0 atom stereocenters. The van der Waals surface area contributed by atoms with Crippen molar-refractivity contribution >= 4 is 26.2 Å². The Morgan fingerprint density at radius 1 is 1.43 bits per heavy atom. The van der Waals surface area contributed by atoms with E-state index in [0.717, 1.165) is 0 Å². The molecule has 0 aromatic carbocycles. The Balaban J connectivity index is 0. The fourth-order valence-corrected chi connectivity index (χ4v) is 0.0285. The molecule has 1 rings (SSSR count). The van der Waals surface area contributed by atoms with Crippen LogP contribution >= 0.6 is 0 Å². The van der Waals surface area contributed by atoms with Gasteiger partial charge in [0.15, 0.2) is 5.14 Å². The van der Waals surface area contributed by atoms with Gasteiger partial charge in [-0.05, 0) is 0 Å². The standard InChI is InChI=1S/Bi.HNO4.H2O.3H/c;2-1(3)4-5-1;;;;/h;2H;1H2;;;. The molecule has 0 bridgehead atoms. The van der Waals surface area contributed by atoms with E-state index in [2.05, 4.69) is 9.98 Å². The van der Waals surface area contributed by atoms with Gasteiger partial charge in [-0.25, -0.2) is 0 Å². The number of rotatable bonds is 0. The Morgan fingerprint density at radius 3 is 1.57 bits per heavy atom. The van der Waals surface area contributed by atoms with Gasteiger partial charge < -0.3 is 10.7 Å². The van der Waals surface area contributed by atoms with Crippen molar-refractivity contribution in [2.75, 3.05) is 0 Å². The first-order valence-electron chi connectivity index (χ1n) is 0.914. The maximum Gasteiger partial charge on any atom is 0.154 e. The average molecular weight is 309 g/mol. The van der Waals surface area contributed by atoms with Crippen LogP contribution < -0.4 is 0 Å². The Kier molecular flexibility index (Phi) is 4.28. The molecule has 1 heterocycles. The minimum absolute atomic E-state index is 0. The van der Waals surface area contributed by atoms with Crippen molar-refractivity contribution in [2.45, 2.75) is 0 Å². The van der Waals surface area contributed by atoms with Crippen LogP contribution in [0.5, 0.6) is 0 Å². The molecular weight excluding hydrogens is 303 g/mol. The largest absolute Gasteiger partial charge is 0.523 e. The van der Waals surface area contributed by atoms with Gasteiger partial charge in [0.05, 0.1) is 0 Å². The molecule has 0 aromatic heterocycles. The summed E-state index contributed by atoms with van der Waals surface area (Å²) in [6.45, 7) is 0. The van der Waals surface area contributed by atoms with Crippen LogP contribution in [0.3, 0.4) is 0 Å². The fraction of sp³-hybridized carbons (Fsp3) is 0. The van der Waals surface area contributed by atoms with Crippen molar-refractivity contribution in [3.63, 3.8) is 0 Å². The predicted octanol–water partition coefficient (Wildman–Crippen LogP) is -2.53. The molecule has 1 aliphatic heterocycles. The zero-order valence-electron chi connectivity index (χ0n) is 3.33. The number of hydrogen-bond acceptors (Lipinski definition) is 4. The first-order valence-corrected chi connectivity index (χ1v) is 0.914. The van der Waals surface area contributed by atoms with Crippen LogP contribution in [0, 0.1) is 5.21 Å². The summed E-state index contributed by atoms with van der Waals surface area (Å²) in [5.74, 6) is 0. The van der Waals surface area contributed by atoms with E-state index in [1.807, 2.05) is 0 Å². The van der Waals surface area contributed by atoms with Crippen molar-refractivity contribution in [3.05, 3.63) is 5.21 Å². The Bertz CT molecular complexity index is 46.0. The monoisotopic (exact) mass is 309 g/mol. The quantitative estimate of drug-likeness (QED) is 0.175. The maximum atomic E-state index is 9.26. The van der Waals surface area contributed by atoms with Crippen LogP contribution in [-0.4, -0.2) is 42.0 Å². The summed E-state index contributed by atoms with van der Waals surface area (Å²) >= 11 is 0. The second-order valence-electron chi connectivity index (χ2n) is 0.618. The van der Waals surface area contributed by atoms with Gasteiger partial charge in [-0.3, -0.25) is 0 Å². The van der Waals surface area contributed by atoms with Crippen LogP contribution in [0.25, 0.3) is 0 Å². The van der Waals surface area contributed by atoms with Gasteiger partial charge in [0.25, 0.3) is 0 Å². The van der Waals surface area contributed by atoms with Crippen LogP contribution in [0.2, 0.25) is 0 Å². The average Bonchev–Trinajstić information content (AvgIpc) is 1.76. The fourth-order valence-electron chi connectivity index (χ4n) is 0.0285. The van der Waals surface area contributed by atoms with E-state index < -0.39 is 5.14 Å². The third-order valence-corrected chi connectivity index (χ3v) is 0.202. The van der Waals surface area contributed by atoms with E-state index in [4.69, 9.17) is 5.21 Å². The van der Waals surface area contributed by atoms with E-state index in [0.29, 0.717) is 0 Å². The Labute approximate surface area is 57.6 Å². The number of nitrogens with zero attached hydrogens (tertiary/aromatic N) is 1. The third-order valence-electron chi connectivity index (χ3n) is 0.202. The molecule has 0 unspecified atom stereocenters. The maximum absolute atomic E-state index is 9.26. The number of hydrogen-bond donors (Lipinski definition) is 1. The Morgan fingerprint density at radius 2 is 1.57 bits per heavy atom. The first-order chi connectivity index (χ1) is 2.21. The van der Waals surface area contributed by atoms with E-state index in [1.54, 1.807) is 0 Å². The van der Waals surface area contributed by atoms with Gasteiger partial charge in [0.2, 0.25) is 0 Å². The molecule has 0 amide bonds. The minimum atomic E-state index is -2.00. The summed E-state index contributed by atoms with van der Waals surface area (Å²) in [5, 5.41) is 14.8. The molecular formula is H6BiNO5. The van der Waals surface area contributed by atoms with Crippen molar-refractivity contribution in [1.29, 1.82) is 0 Å². The molecule has 7 heteroatoms. The zero-order chi connectivity index (χ0) is 3.91. The van der Waals surface area contributed by atoms with Crippen LogP contribution in [0.4, 0.5) is 0 Å². The normalized spacial score (nSPS) is 21.4. The summed E-state index contributed by atoms with van der Waals surface area (Å²) in [4.78, 5) is 6.67. The van der Waals surface area contributed by atoms with Gasteiger partial charge in [-0.2, -0.15) is 0 Å². The zero-order valence-corrected chi connectivity index (χ0v) is 8.82. The molecule has 0 radical (unpaired) electrons. The van der Waals surface area contributed by atoms with Crippen molar-refractivity contribution in [3.8, 4) is 0 Å². The van der Waals surface area contributed by atoms with Crippen molar-refractivity contribution in [2.24, 2.45) is 0 Å². The topological polar surface area (TPSA) is 99.9 Å². The van der Waals surface area contributed by atoms with Crippen molar-refractivity contribution in [1.82, 2.24) is 0 Å². The van der Waals surface area contributed by atoms with E-state index in [9.17, 15) is 5.21 Å². The van der Waals surface area contributed by atoms with E-state index in [1.165, 1.54) is 0 Å². The second kappa shape index (κ2) is 2.83. The van der Waals surface area contributed by atoms with Crippen LogP contribution in [-0.2, 0) is 9.98 Å². The molecule has 0 aliphatic carbocycles. The molecule has 46 valence electrons. The second-order valence-corrected chi connectivity index (χ2v) is 0.618. The molecule has 0 saturated carbocycles. The molecule has 1 saturated heterocycles. The van der Waals surface area contributed by atoms with Gasteiger partial charge in [0, 0.05) is 0 Å². The summed E-state index contributed by atoms with van der Waals surface area (Å²) in [6, 6.07) is 0. The summed E-state index contributed by atoms with van der Waals surface area (Å²) in [5.41, 5.74) is 0. The van der Waals surface area contributed by atoms with Crippen LogP contribution in [0.15, 0.2) is 0 Å². The minimum Gasteiger partial charge on any atom is -0.523 e. The summed E-state index contributed by atoms with van der Waals surface area (Å²) in [7, 11) is 0. The predicted molar refractivity (Wildman–Crippen MR) is 21.1 cm³/mol. The molecule has 1 aliphatic rings. The molecule has 0 spiro atoms. The third kappa shape index (κ3) is 4.50. The smallest absolute Gasteiger partial charge is 0.154 e. The van der Waals surface area contributed by atoms with Gasteiger partial charge in [0.1, 0.15) is 9.98 Å². The van der Waals surface area contributed by atoms with Crippen LogP contribution in [0.1, 0.15) is 0 Å². The van der Waals surface area contributed by atoms with E-state index in [-0.39, 0.29) is 31.7 Å². The Hall–Kier alpha value is 0.643. The van der Waals surface area contributed by atoms with Gasteiger partial charge >= 0.3 is 26.2 Å². The van der Waals surface area contributed by atoms with Gasteiger partial charge in [-0.15, -0.1) is 5.21 Å². The molecule has 0 aromatic rings.